The molecule has 0 amide bonds. The summed E-state index contributed by atoms with van der Waals surface area (Å²) in [4.78, 5) is 3.87. The minimum atomic E-state index is -2.96. The summed E-state index contributed by atoms with van der Waals surface area (Å²) in [5.41, 5.74) is 0.973. The topological polar surface area (TPSA) is 43.4 Å². The smallest absolute Gasteiger partial charge is 0.387 e. The molecule has 0 saturated heterocycles. The molecule has 3 rings (SSSR count). The molecule has 0 aliphatic carbocycles. The van der Waals surface area contributed by atoms with Crippen LogP contribution >= 0.6 is 0 Å². The zero-order valence-electron chi connectivity index (χ0n) is 14.3. The molecule has 0 aliphatic rings. The third-order valence-electron chi connectivity index (χ3n) is 3.80. The average molecular weight is 380 g/mol. The van der Waals surface area contributed by atoms with E-state index in [0.717, 1.165) is 12.1 Å². The number of pyridine rings is 1. The fourth-order valence-electron chi connectivity index (χ4n) is 2.66. The number of ether oxygens (including phenoxy) is 2. The highest BCUT2D eigenvalue weighted by atomic mass is 19.3. The first-order chi connectivity index (χ1) is 13.0. The van der Waals surface area contributed by atoms with Crippen LogP contribution in [0.25, 0.3) is 10.9 Å². The van der Waals surface area contributed by atoms with Crippen molar-refractivity contribution >= 4 is 16.6 Å². The van der Waals surface area contributed by atoms with Gasteiger partial charge in [0.2, 0.25) is 0 Å². The summed E-state index contributed by atoms with van der Waals surface area (Å²) >= 11 is 0. The van der Waals surface area contributed by atoms with Crippen molar-refractivity contribution in [3.05, 3.63) is 59.8 Å². The lowest BCUT2D eigenvalue weighted by molar-refractivity contribution is -0.0514. The van der Waals surface area contributed by atoms with Crippen LogP contribution in [-0.4, -0.2) is 18.2 Å². The lowest BCUT2D eigenvalue weighted by Crippen LogP contribution is -2.06. The van der Waals surface area contributed by atoms with E-state index in [1.54, 1.807) is 19.1 Å². The summed E-state index contributed by atoms with van der Waals surface area (Å²) in [7, 11) is 0. The van der Waals surface area contributed by atoms with Crippen molar-refractivity contribution in [1.82, 2.24) is 4.98 Å². The largest absolute Gasteiger partial charge is 0.490 e. The number of halogens is 4. The molecule has 0 fully saturated rings. The van der Waals surface area contributed by atoms with Gasteiger partial charge in [0, 0.05) is 18.4 Å². The second kappa shape index (κ2) is 8.11. The zero-order chi connectivity index (χ0) is 19.4. The van der Waals surface area contributed by atoms with E-state index in [9.17, 15) is 17.6 Å². The molecule has 0 bridgehead atoms. The predicted molar refractivity (Wildman–Crippen MR) is 93.2 cm³/mol. The maximum Gasteiger partial charge on any atom is 0.387 e. The molecule has 0 unspecified atom stereocenters. The number of hydrogen-bond donors (Lipinski definition) is 1. The molecule has 4 nitrogen and oxygen atoms in total. The summed E-state index contributed by atoms with van der Waals surface area (Å²) in [6.07, 6.45) is 1.37. The Bertz CT molecular complexity index is 950. The molecule has 2 aromatic carbocycles. The number of anilines is 1. The van der Waals surface area contributed by atoms with Gasteiger partial charge < -0.3 is 14.8 Å². The van der Waals surface area contributed by atoms with Gasteiger partial charge in [0.05, 0.1) is 12.0 Å². The molecule has 0 atom stereocenters. The monoisotopic (exact) mass is 380 g/mol. The van der Waals surface area contributed by atoms with E-state index >= 15 is 0 Å². The molecule has 0 saturated carbocycles. The van der Waals surface area contributed by atoms with Crippen LogP contribution in [0.2, 0.25) is 0 Å². The number of nitrogens with one attached hydrogen (secondary N) is 1. The van der Waals surface area contributed by atoms with Gasteiger partial charge in [-0.3, -0.25) is 4.98 Å². The summed E-state index contributed by atoms with van der Waals surface area (Å²) in [6, 6.07) is 8.09. The van der Waals surface area contributed by atoms with Crippen molar-refractivity contribution in [2.45, 2.75) is 20.1 Å². The van der Waals surface area contributed by atoms with Crippen LogP contribution in [0.5, 0.6) is 11.5 Å². The van der Waals surface area contributed by atoms with Gasteiger partial charge in [-0.2, -0.15) is 8.78 Å². The molecule has 1 aromatic heterocycles. The normalized spacial score (nSPS) is 11.0. The Labute approximate surface area is 152 Å². The Morgan fingerprint density at radius 1 is 1.04 bits per heavy atom. The minimum Gasteiger partial charge on any atom is -0.490 e. The molecular weight excluding hydrogens is 364 g/mol. The van der Waals surface area contributed by atoms with E-state index < -0.39 is 18.2 Å². The number of alkyl halides is 2. The lowest BCUT2D eigenvalue weighted by Gasteiger charge is -2.14. The Balaban J connectivity index is 1.86. The van der Waals surface area contributed by atoms with E-state index in [2.05, 4.69) is 15.0 Å². The van der Waals surface area contributed by atoms with Gasteiger partial charge in [0.25, 0.3) is 0 Å². The van der Waals surface area contributed by atoms with Crippen LogP contribution in [0.15, 0.2) is 42.6 Å². The SMILES string of the molecule is CCOc1cc(CNc2ccnc3c(F)ccc(F)c23)ccc1OC(F)F. The Morgan fingerprint density at radius 3 is 2.56 bits per heavy atom. The second-order valence-corrected chi connectivity index (χ2v) is 5.56. The summed E-state index contributed by atoms with van der Waals surface area (Å²) in [5.74, 6) is -1.12. The molecule has 142 valence electrons. The van der Waals surface area contributed by atoms with E-state index in [1.807, 2.05) is 0 Å². The molecule has 1 heterocycles. The summed E-state index contributed by atoms with van der Waals surface area (Å²) < 4.78 is 62.7. The van der Waals surface area contributed by atoms with Crippen molar-refractivity contribution in [2.24, 2.45) is 0 Å². The van der Waals surface area contributed by atoms with Crippen LogP contribution in [0.4, 0.5) is 23.2 Å². The van der Waals surface area contributed by atoms with Crippen LogP contribution in [0.3, 0.4) is 0 Å². The van der Waals surface area contributed by atoms with Crippen LogP contribution in [0, 0.1) is 11.6 Å². The highest BCUT2D eigenvalue weighted by Gasteiger charge is 2.13. The van der Waals surface area contributed by atoms with Crippen molar-refractivity contribution in [3.63, 3.8) is 0 Å². The predicted octanol–water partition coefficient (Wildman–Crippen LogP) is 5.13. The quantitative estimate of drug-likeness (QED) is 0.578. The Kier molecular flexibility index (Phi) is 5.63. The van der Waals surface area contributed by atoms with Crippen molar-refractivity contribution in [2.75, 3.05) is 11.9 Å². The number of rotatable bonds is 7. The minimum absolute atomic E-state index is 0.0418. The average Bonchev–Trinajstić information content (AvgIpc) is 2.64. The third-order valence-corrected chi connectivity index (χ3v) is 3.80. The molecule has 3 aromatic rings. The van der Waals surface area contributed by atoms with Gasteiger partial charge in [-0.1, -0.05) is 6.07 Å². The van der Waals surface area contributed by atoms with E-state index in [1.165, 1.54) is 18.3 Å². The van der Waals surface area contributed by atoms with Gasteiger partial charge in [0.1, 0.15) is 17.2 Å². The first-order valence-electron chi connectivity index (χ1n) is 8.16. The van der Waals surface area contributed by atoms with Gasteiger partial charge in [0.15, 0.2) is 11.5 Å². The fourth-order valence-corrected chi connectivity index (χ4v) is 2.66. The van der Waals surface area contributed by atoms with E-state index in [0.29, 0.717) is 11.3 Å². The Morgan fingerprint density at radius 2 is 1.81 bits per heavy atom. The second-order valence-electron chi connectivity index (χ2n) is 5.56. The maximum absolute atomic E-state index is 14.1. The van der Waals surface area contributed by atoms with E-state index in [4.69, 9.17) is 4.74 Å². The van der Waals surface area contributed by atoms with Crippen molar-refractivity contribution in [3.8, 4) is 11.5 Å². The van der Waals surface area contributed by atoms with Crippen LogP contribution in [-0.2, 0) is 6.54 Å². The molecule has 1 N–H and O–H groups in total. The van der Waals surface area contributed by atoms with Crippen molar-refractivity contribution in [1.29, 1.82) is 0 Å². The fraction of sp³-hybridized carbons (Fsp3) is 0.211. The number of hydrogen-bond acceptors (Lipinski definition) is 4. The molecule has 0 radical (unpaired) electrons. The van der Waals surface area contributed by atoms with E-state index in [-0.39, 0.29) is 35.6 Å². The molecular formula is C19H16F4N2O2. The first-order valence-corrected chi connectivity index (χ1v) is 8.16. The van der Waals surface area contributed by atoms with Gasteiger partial charge >= 0.3 is 6.61 Å². The zero-order valence-corrected chi connectivity index (χ0v) is 14.3. The Hall–Kier alpha value is -3.03. The lowest BCUT2D eigenvalue weighted by atomic mass is 10.1. The third kappa shape index (κ3) is 4.21. The number of nitrogens with zero attached hydrogens (tertiary/aromatic N) is 1. The van der Waals surface area contributed by atoms with Crippen LogP contribution in [0.1, 0.15) is 12.5 Å². The summed E-state index contributed by atoms with van der Waals surface area (Å²) in [6.45, 7) is -0.744. The van der Waals surface area contributed by atoms with Gasteiger partial charge in [-0.15, -0.1) is 0 Å². The van der Waals surface area contributed by atoms with Gasteiger partial charge in [-0.05, 0) is 42.8 Å². The molecule has 8 heteroatoms. The summed E-state index contributed by atoms with van der Waals surface area (Å²) in [5, 5.41) is 3.05. The number of fused-ring (bicyclic) bond motifs is 1. The highest BCUT2D eigenvalue weighted by molar-refractivity contribution is 5.91. The molecule has 27 heavy (non-hydrogen) atoms. The molecule has 0 aliphatic heterocycles. The van der Waals surface area contributed by atoms with Gasteiger partial charge in [-0.25, -0.2) is 8.78 Å². The van der Waals surface area contributed by atoms with Crippen LogP contribution < -0.4 is 14.8 Å². The molecule has 0 spiro atoms. The van der Waals surface area contributed by atoms with Crippen molar-refractivity contribution < 1.29 is 27.0 Å². The maximum atomic E-state index is 14.1. The number of aromatic nitrogens is 1. The first kappa shape index (κ1) is 18.8. The standard InChI is InChI=1S/C19H16F4N2O2/c1-2-26-16-9-11(3-6-15(16)27-19(22)23)10-25-14-7-8-24-18-13(21)5-4-12(20)17(14)18/h3-9,19H,2,10H2,1H3,(H,24,25). The number of benzene rings is 2. The highest BCUT2D eigenvalue weighted by Crippen LogP contribution is 2.31.